The Morgan fingerprint density at radius 1 is 1.00 bits per heavy atom. The number of aliphatic hydroxyl groups is 1. The van der Waals surface area contributed by atoms with Crippen LogP contribution >= 0.6 is 23.2 Å². The molecule has 2 rings (SSSR count). The van der Waals surface area contributed by atoms with E-state index >= 15 is 0 Å². The highest BCUT2D eigenvalue weighted by Gasteiger charge is 2.41. The highest BCUT2D eigenvalue weighted by atomic mass is 35.5. The van der Waals surface area contributed by atoms with E-state index in [4.69, 9.17) is 23.2 Å². The average Bonchev–Trinajstić information content (AvgIpc) is 2.47. The molecule has 0 spiro atoms. The van der Waals surface area contributed by atoms with Crippen molar-refractivity contribution in [2.75, 3.05) is 0 Å². The molecular weight excluding hydrogens is 397 g/mol. The second-order valence-electron chi connectivity index (χ2n) is 4.96. The van der Waals surface area contributed by atoms with Gasteiger partial charge in [-0.25, -0.2) is 9.97 Å². The van der Waals surface area contributed by atoms with Crippen LogP contribution in [-0.4, -0.2) is 21.3 Å². The quantitative estimate of drug-likeness (QED) is 0.733. The van der Waals surface area contributed by atoms with Crippen LogP contribution in [0.15, 0.2) is 24.5 Å². The summed E-state index contributed by atoms with van der Waals surface area (Å²) in [5.74, 6) is -0.201. The number of aromatic nitrogens is 2. The van der Waals surface area contributed by atoms with Gasteiger partial charge < -0.3 is 5.11 Å². The zero-order chi connectivity index (χ0) is 19.0. The van der Waals surface area contributed by atoms with Crippen LogP contribution in [0.25, 0.3) is 0 Å². The number of alkyl halides is 6. The smallest absolute Gasteiger partial charge is 0.379 e. The Bertz CT molecular complexity index is 762. The van der Waals surface area contributed by atoms with Gasteiger partial charge in [-0.05, 0) is 23.3 Å². The van der Waals surface area contributed by atoms with E-state index < -0.39 is 36.0 Å². The van der Waals surface area contributed by atoms with Crippen LogP contribution in [0.2, 0.25) is 10.0 Å². The minimum absolute atomic E-state index is 0.139. The van der Waals surface area contributed by atoms with Crippen molar-refractivity contribution in [1.82, 2.24) is 9.97 Å². The second kappa shape index (κ2) is 6.97. The van der Waals surface area contributed by atoms with Crippen molar-refractivity contribution < 1.29 is 31.4 Å². The standard InChI is InChI=1S/C14H8Cl2F6N2O/c15-7-1-9(12(25)14(20,21)22)8(10(16)2-7)3-11-23-4-6(5-24-11)13(17,18)19/h1-2,4-5,12,25H,3H2/t12-/m0/s1. The fourth-order valence-corrected chi connectivity index (χ4v) is 2.56. The number of nitrogens with zero attached hydrogens (tertiary/aromatic N) is 2. The topological polar surface area (TPSA) is 46.0 Å². The van der Waals surface area contributed by atoms with E-state index in [0.717, 1.165) is 12.1 Å². The molecular formula is C14H8Cl2F6N2O. The molecule has 1 aromatic heterocycles. The van der Waals surface area contributed by atoms with Gasteiger partial charge in [0, 0.05) is 28.9 Å². The maximum atomic E-state index is 12.8. The maximum absolute atomic E-state index is 12.8. The fourth-order valence-electron chi connectivity index (χ4n) is 1.98. The van der Waals surface area contributed by atoms with Gasteiger partial charge in [-0.2, -0.15) is 26.3 Å². The van der Waals surface area contributed by atoms with Crippen LogP contribution in [0.4, 0.5) is 26.3 Å². The Hall–Kier alpha value is -1.58. The first-order valence-electron chi connectivity index (χ1n) is 6.50. The first-order chi connectivity index (χ1) is 11.4. The zero-order valence-electron chi connectivity index (χ0n) is 12.0. The molecule has 2 aromatic rings. The molecule has 0 saturated heterocycles. The van der Waals surface area contributed by atoms with Crippen molar-refractivity contribution in [2.45, 2.75) is 24.9 Å². The normalized spacial score (nSPS) is 13.8. The molecule has 0 saturated carbocycles. The monoisotopic (exact) mass is 404 g/mol. The highest BCUT2D eigenvalue weighted by Crippen LogP contribution is 2.38. The van der Waals surface area contributed by atoms with Crippen molar-refractivity contribution >= 4 is 23.2 Å². The molecule has 136 valence electrons. The van der Waals surface area contributed by atoms with Crippen molar-refractivity contribution in [1.29, 1.82) is 0 Å². The summed E-state index contributed by atoms with van der Waals surface area (Å²) in [6.45, 7) is 0. The second-order valence-corrected chi connectivity index (χ2v) is 5.81. The van der Waals surface area contributed by atoms with Gasteiger partial charge >= 0.3 is 12.4 Å². The number of halogens is 8. The van der Waals surface area contributed by atoms with E-state index in [1.54, 1.807) is 0 Å². The minimum Gasteiger partial charge on any atom is -0.379 e. The Kier molecular flexibility index (Phi) is 5.50. The third kappa shape index (κ3) is 4.74. The van der Waals surface area contributed by atoms with Crippen LogP contribution < -0.4 is 0 Å². The molecule has 25 heavy (non-hydrogen) atoms. The predicted octanol–water partition coefficient (Wildman–Crippen LogP) is 4.99. The van der Waals surface area contributed by atoms with Gasteiger partial charge in [-0.1, -0.05) is 23.2 Å². The third-order valence-corrected chi connectivity index (χ3v) is 3.72. The third-order valence-electron chi connectivity index (χ3n) is 3.17. The molecule has 0 aliphatic rings. The van der Waals surface area contributed by atoms with Gasteiger partial charge in [0.2, 0.25) is 0 Å². The summed E-state index contributed by atoms with van der Waals surface area (Å²) < 4.78 is 75.9. The van der Waals surface area contributed by atoms with Gasteiger partial charge in [0.05, 0.1) is 5.56 Å². The van der Waals surface area contributed by atoms with E-state index in [1.807, 2.05) is 0 Å². The number of aliphatic hydroxyl groups excluding tert-OH is 1. The summed E-state index contributed by atoms with van der Waals surface area (Å²) in [6.07, 6.45) is -11.9. The molecule has 0 bridgehead atoms. The summed E-state index contributed by atoms with van der Waals surface area (Å²) in [7, 11) is 0. The van der Waals surface area contributed by atoms with Crippen LogP contribution in [0.5, 0.6) is 0 Å². The maximum Gasteiger partial charge on any atom is 0.419 e. The van der Waals surface area contributed by atoms with E-state index in [1.165, 1.54) is 0 Å². The van der Waals surface area contributed by atoms with Gasteiger partial charge in [0.1, 0.15) is 5.82 Å². The molecule has 0 aliphatic heterocycles. The molecule has 0 radical (unpaired) electrons. The van der Waals surface area contributed by atoms with Crippen LogP contribution in [0, 0.1) is 0 Å². The summed E-state index contributed by atoms with van der Waals surface area (Å²) in [5.41, 5.74) is -1.90. The van der Waals surface area contributed by atoms with Crippen LogP contribution in [0.3, 0.4) is 0 Å². The molecule has 0 aliphatic carbocycles. The lowest BCUT2D eigenvalue weighted by Gasteiger charge is -2.19. The van der Waals surface area contributed by atoms with Gasteiger partial charge in [0.25, 0.3) is 0 Å². The Balaban J connectivity index is 2.42. The van der Waals surface area contributed by atoms with E-state index in [9.17, 15) is 31.4 Å². The molecule has 3 nitrogen and oxygen atoms in total. The van der Waals surface area contributed by atoms with Crippen molar-refractivity contribution in [3.8, 4) is 0 Å². The molecule has 0 unspecified atom stereocenters. The zero-order valence-corrected chi connectivity index (χ0v) is 13.5. The average molecular weight is 405 g/mol. The van der Waals surface area contributed by atoms with Crippen LogP contribution in [-0.2, 0) is 12.6 Å². The molecule has 1 heterocycles. The van der Waals surface area contributed by atoms with Gasteiger partial charge in [0.15, 0.2) is 6.10 Å². The highest BCUT2D eigenvalue weighted by molar-refractivity contribution is 6.35. The number of hydrogen-bond acceptors (Lipinski definition) is 3. The summed E-state index contributed by atoms with van der Waals surface area (Å²) in [4.78, 5) is 6.96. The lowest BCUT2D eigenvalue weighted by molar-refractivity contribution is -0.207. The SMILES string of the molecule is O[C@@H](c1cc(Cl)cc(Cl)c1Cc1ncc(C(F)(F)F)cn1)C(F)(F)F. The fraction of sp³-hybridized carbons (Fsp3) is 0.286. The van der Waals surface area contributed by atoms with E-state index in [0.29, 0.717) is 12.4 Å². The Labute approximate surface area is 147 Å². The summed E-state index contributed by atoms with van der Waals surface area (Å²) in [6, 6.07) is 2.03. The largest absolute Gasteiger partial charge is 0.419 e. The first-order valence-corrected chi connectivity index (χ1v) is 7.26. The molecule has 11 heteroatoms. The summed E-state index contributed by atoms with van der Waals surface area (Å²) >= 11 is 11.6. The van der Waals surface area contributed by atoms with E-state index in [-0.39, 0.29) is 21.4 Å². The number of hydrogen-bond donors (Lipinski definition) is 1. The molecule has 1 aromatic carbocycles. The minimum atomic E-state index is -4.98. The van der Waals surface area contributed by atoms with Crippen LogP contribution in [0.1, 0.15) is 28.6 Å². The van der Waals surface area contributed by atoms with Crippen molar-refractivity contribution in [2.24, 2.45) is 0 Å². The number of benzene rings is 1. The lowest BCUT2D eigenvalue weighted by Crippen LogP contribution is -2.22. The van der Waals surface area contributed by atoms with Gasteiger partial charge in [-0.3, -0.25) is 0 Å². The van der Waals surface area contributed by atoms with Crippen molar-refractivity contribution in [3.63, 3.8) is 0 Å². The predicted molar refractivity (Wildman–Crippen MR) is 77.3 cm³/mol. The Morgan fingerprint density at radius 2 is 1.56 bits per heavy atom. The lowest BCUT2D eigenvalue weighted by atomic mass is 9.99. The first kappa shape index (κ1) is 19.7. The molecule has 1 N–H and O–H groups in total. The molecule has 1 atom stereocenters. The molecule has 0 amide bonds. The number of rotatable bonds is 3. The van der Waals surface area contributed by atoms with Gasteiger partial charge in [-0.15, -0.1) is 0 Å². The van der Waals surface area contributed by atoms with E-state index in [2.05, 4.69) is 9.97 Å². The summed E-state index contributed by atoms with van der Waals surface area (Å²) in [5, 5.41) is 9.15. The van der Waals surface area contributed by atoms with Crippen molar-refractivity contribution in [3.05, 3.63) is 57.1 Å². The molecule has 0 fully saturated rings. The Morgan fingerprint density at radius 3 is 2.04 bits per heavy atom.